The van der Waals surface area contributed by atoms with E-state index in [2.05, 4.69) is 57.9 Å². The minimum Gasteiger partial charge on any atom is -0.496 e. The molecule has 2 aromatic carbocycles. The Morgan fingerprint density at radius 1 is 0.926 bits per heavy atom. The monoisotopic (exact) mass is 362 g/mol. The second-order valence-corrected chi connectivity index (χ2v) is 6.35. The van der Waals surface area contributed by atoms with Crippen LogP contribution < -0.4 is 15.4 Å². The number of ether oxygens (including phenoxy) is 1. The van der Waals surface area contributed by atoms with Gasteiger partial charge in [0, 0.05) is 30.5 Å². The minimum atomic E-state index is 0.296. The molecule has 0 radical (unpaired) electrons. The molecule has 5 heteroatoms. The van der Waals surface area contributed by atoms with E-state index in [1.165, 1.54) is 5.56 Å². The van der Waals surface area contributed by atoms with Crippen LogP contribution in [0, 0.1) is 0 Å². The zero-order valence-electron chi connectivity index (χ0n) is 15.9. The average Bonchev–Trinajstić information content (AvgIpc) is 2.74. The first kappa shape index (κ1) is 18.9. The Hall–Kier alpha value is -2.92. The highest BCUT2D eigenvalue weighted by molar-refractivity contribution is 5.70. The summed E-state index contributed by atoms with van der Waals surface area (Å²) in [6, 6.07) is 18.9. The predicted molar refractivity (Wildman–Crippen MR) is 110 cm³/mol. The molecule has 3 rings (SSSR count). The van der Waals surface area contributed by atoms with Crippen molar-refractivity contribution in [2.45, 2.75) is 19.4 Å². The van der Waals surface area contributed by atoms with Gasteiger partial charge in [0.1, 0.15) is 5.75 Å². The van der Waals surface area contributed by atoms with Gasteiger partial charge in [-0.3, -0.25) is 0 Å². The maximum absolute atomic E-state index is 5.46. The Kier molecular flexibility index (Phi) is 6.77. The second kappa shape index (κ2) is 9.69. The summed E-state index contributed by atoms with van der Waals surface area (Å²) in [5.74, 6) is 1.57. The highest BCUT2D eigenvalue weighted by Gasteiger charge is 2.07. The van der Waals surface area contributed by atoms with E-state index in [0.717, 1.165) is 36.4 Å². The summed E-state index contributed by atoms with van der Waals surface area (Å²) < 4.78 is 5.46. The third-order valence-corrected chi connectivity index (χ3v) is 4.48. The molecule has 3 aromatic rings. The van der Waals surface area contributed by atoms with Gasteiger partial charge in [0.05, 0.1) is 7.11 Å². The van der Waals surface area contributed by atoms with Crippen molar-refractivity contribution in [1.82, 2.24) is 15.3 Å². The van der Waals surface area contributed by atoms with Crippen molar-refractivity contribution in [3.05, 3.63) is 72.6 Å². The van der Waals surface area contributed by atoms with E-state index < -0.39 is 0 Å². The maximum Gasteiger partial charge on any atom is 0.222 e. The highest BCUT2D eigenvalue weighted by Crippen LogP contribution is 2.30. The fourth-order valence-electron chi connectivity index (χ4n) is 2.95. The number of hydrogen-bond acceptors (Lipinski definition) is 5. The van der Waals surface area contributed by atoms with Crippen LogP contribution in [0.1, 0.15) is 24.9 Å². The summed E-state index contributed by atoms with van der Waals surface area (Å²) >= 11 is 0. The SMILES string of the molecule is COc1ccccc1-c1ccc(C(C)NCCCNc2ncccn2)cc1. The molecule has 0 saturated carbocycles. The molecule has 140 valence electrons. The molecule has 1 unspecified atom stereocenters. The maximum atomic E-state index is 5.46. The van der Waals surface area contributed by atoms with Gasteiger partial charge < -0.3 is 15.4 Å². The van der Waals surface area contributed by atoms with Gasteiger partial charge in [-0.25, -0.2) is 9.97 Å². The molecule has 5 nitrogen and oxygen atoms in total. The van der Waals surface area contributed by atoms with Gasteiger partial charge >= 0.3 is 0 Å². The number of benzene rings is 2. The van der Waals surface area contributed by atoms with Crippen molar-refractivity contribution in [2.24, 2.45) is 0 Å². The Labute approximate surface area is 160 Å². The van der Waals surface area contributed by atoms with Gasteiger partial charge in [-0.2, -0.15) is 0 Å². The first-order chi connectivity index (χ1) is 13.3. The summed E-state index contributed by atoms with van der Waals surface area (Å²) in [6.45, 7) is 3.96. The van der Waals surface area contributed by atoms with Crippen LogP contribution in [-0.4, -0.2) is 30.2 Å². The van der Waals surface area contributed by atoms with Crippen molar-refractivity contribution in [3.8, 4) is 16.9 Å². The molecule has 0 fully saturated rings. The van der Waals surface area contributed by atoms with E-state index in [1.54, 1.807) is 19.5 Å². The van der Waals surface area contributed by atoms with Crippen LogP contribution in [-0.2, 0) is 0 Å². The summed E-state index contributed by atoms with van der Waals surface area (Å²) in [7, 11) is 1.71. The molecular weight excluding hydrogens is 336 g/mol. The van der Waals surface area contributed by atoms with Crippen LogP contribution in [0.15, 0.2) is 67.0 Å². The number of nitrogens with one attached hydrogen (secondary N) is 2. The Bertz CT molecular complexity index is 821. The molecule has 1 atom stereocenters. The molecule has 27 heavy (non-hydrogen) atoms. The van der Waals surface area contributed by atoms with E-state index in [-0.39, 0.29) is 0 Å². The molecule has 0 amide bonds. The Balaban J connectivity index is 1.48. The van der Waals surface area contributed by atoms with Crippen molar-refractivity contribution >= 4 is 5.95 Å². The minimum absolute atomic E-state index is 0.296. The summed E-state index contributed by atoms with van der Waals surface area (Å²) in [4.78, 5) is 8.31. The van der Waals surface area contributed by atoms with Crippen LogP contribution in [0.3, 0.4) is 0 Å². The highest BCUT2D eigenvalue weighted by atomic mass is 16.5. The Morgan fingerprint density at radius 3 is 2.41 bits per heavy atom. The number of nitrogens with zero attached hydrogens (tertiary/aromatic N) is 2. The predicted octanol–water partition coefficient (Wildman–Crippen LogP) is 4.31. The summed E-state index contributed by atoms with van der Waals surface area (Å²) in [5.41, 5.74) is 3.55. The topological polar surface area (TPSA) is 59.1 Å². The van der Waals surface area contributed by atoms with Crippen LogP contribution in [0.5, 0.6) is 5.75 Å². The van der Waals surface area contributed by atoms with Gasteiger partial charge in [0.15, 0.2) is 0 Å². The van der Waals surface area contributed by atoms with E-state index in [0.29, 0.717) is 12.0 Å². The number of aromatic nitrogens is 2. The quantitative estimate of drug-likeness (QED) is 0.556. The van der Waals surface area contributed by atoms with Crippen LogP contribution in [0.25, 0.3) is 11.1 Å². The lowest BCUT2D eigenvalue weighted by Gasteiger charge is -2.15. The number of hydrogen-bond donors (Lipinski definition) is 2. The molecule has 0 aliphatic heterocycles. The van der Waals surface area contributed by atoms with Gasteiger partial charge in [-0.05, 0) is 43.1 Å². The van der Waals surface area contributed by atoms with E-state index in [9.17, 15) is 0 Å². The third-order valence-electron chi connectivity index (χ3n) is 4.48. The van der Waals surface area contributed by atoms with Gasteiger partial charge in [-0.1, -0.05) is 42.5 Å². The van der Waals surface area contributed by atoms with Crippen molar-refractivity contribution in [3.63, 3.8) is 0 Å². The van der Waals surface area contributed by atoms with E-state index >= 15 is 0 Å². The van der Waals surface area contributed by atoms with E-state index in [1.807, 2.05) is 24.3 Å². The lowest BCUT2D eigenvalue weighted by atomic mass is 10.0. The molecule has 2 N–H and O–H groups in total. The first-order valence-corrected chi connectivity index (χ1v) is 9.25. The first-order valence-electron chi connectivity index (χ1n) is 9.25. The Morgan fingerprint density at radius 2 is 1.67 bits per heavy atom. The standard InChI is InChI=1S/C22H26N4O/c1-17(23-13-5-14-24-22-25-15-6-16-26-22)18-9-11-19(12-10-18)20-7-3-4-8-21(20)27-2/h3-4,6-12,15-17,23H,5,13-14H2,1-2H3,(H,24,25,26). The third kappa shape index (κ3) is 5.28. The van der Waals surface area contributed by atoms with Crippen LogP contribution >= 0.6 is 0 Å². The summed E-state index contributed by atoms with van der Waals surface area (Å²) in [5, 5.41) is 6.78. The molecule has 0 spiro atoms. The number of anilines is 1. The molecule has 0 bridgehead atoms. The largest absolute Gasteiger partial charge is 0.496 e. The van der Waals surface area contributed by atoms with Gasteiger partial charge in [-0.15, -0.1) is 0 Å². The van der Waals surface area contributed by atoms with Gasteiger partial charge in [0.25, 0.3) is 0 Å². The van der Waals surface area contributed by atoms with Crippen molar-refractivity contribution in [1.29, 1.82) is 0 Å². The van der Waals surface area contributed by atoms with Crippen molar-refractivity contribution < 1.29 is 4.74 Å². The molecule has 0 aliphatic rings. The fourth-order valence-corrected chi connectivity index (χ4v) is 2.95. The zero-order valence-corrected chi connectivity index (χ0v) is 15.9. The lowest BCUT2D eigenvalue weighted by molar-refractivity contribution is 0.416. The van der Waals surface area contributed by atoms with Crippen LogP contribution in [0.4, 0.5) is 5.95 Å². The molecule has 1 aromatic heterocycles. The summed E-state index contributed by atoms with van der Waals surface area (Å²) in [6.07, 6.45) is 4.48. The normalized spacial score (nSPS) is 11.8. The molecular formula is C22H26N4O. The lowest BCUT2D eigenvalue weighted by Crippen LogP contribution is -2.22. The number of methoxy groups -OCH3 is 1. The van der Waals surface area contributed by atoms with E-state index in [4.69, 9.17) is 4.74 Å². The smallest absolute Gasteiger partial charge is 0.222 e. The zero-order chi connectivity index (χ0) is 18.9. The second-order valence-electron chi connectivity index (χ2n) is 6.35. The fraction of sp³-hybridized carbons (Fsp3) is 0.273. The van der Waals surface area contributed by atoms with Crippen LogP contribution in [0.2, 0.25) is 0 Å². The average molecular weight is 362 g/mol. The molecule has 0 aliphatic carbocycles. The number of para-hydroxylation sites is 1. The molecule has 0 saturated heterocycles. The number of rotatable bonds is 9. The van der Waals surface area contributed by atoms with Crippen molar-refractivity contribution in [2.75, 3.05) is 25.5 Å². The molecule has 1 heterocycles. The van der Waals surface area contributed by atoms with Gasteiger partial charge in [0.2, 0.25) is 5.95 Å².